The van der Waals surface area contributed by atoms with Crippen LogP contribution in [0.4, 0.5) is 15.9 Å². The zero-order chi connectivity index (χ0) is 26.8. The number of aliphatic imine (C=N–C) groups is 1. The van der Waals surface area contributed by atoms with Gasteiger partial charge >= 0.3 is 0 Å². The number of amides is 2. The number of carbonyl (C=O) groups excluding carboxylic acids is 2. The third-order valence-corrected chi connectivity index (χ3v) is 6.30. The van der Waals surface area contributed by atoms with Gasteiger partial charge in [-0.2, -0.15) is 0 Å². The summed E-state index contributed by atoms with van der Waals surface area (Å²) in [6.07, 6.45) is 6.46. The minimum atomic E-state index is -0.966. The van der Waals surface area contributed by atoms with Gasteiger partial charge in [0.25, 0.3) is 17.4 Å². The van der Waals surface area contributed by atoms with E-state index >= 15 is 4.39 Å². The van der Waals surface area contributed by atoms with Crippen LogP contribution in [0.15, 0.2) is 76.0 Å². The molecule has 0 saturated heterocycles. The fourth-order valence-corrected chi connectivity index (χ4v) is 4.15. The van der Waals surface area contributed by atoms with Gasteiger partial charge in [0.1, 0.15) is 17.3 Å². The van der Waals surface area contributed by atoms with E-state index in [0.717, 1.165) is 12.8 Å². The van der Waals surface area contributed by atoms with Gasteiger partial charge in [0, 0.05) is 42.8 Å². The Kier molecular flexibility index (Phi) is 7.03. The van der Waals surface area contributed by atoms with Crippen molar-refractivity contribution in [3.05, 3.63) is 93.0 Å². The summed E-state index contributed by atoms with van der Waals surface area (Å²) in [7, 11) is 0. The first kappa shape index (κ1) is 25.3. The Morgan fingerprint density at radius 3 is 2.68 bits per heavy atom. The molecule has 5 rings (SSSR count). The highest BCUT2D eigenvalue weighted by molar-refractivity contribution is 6.30. The Morgan fingerprint density at radius 1 is 1.18 bits per heavy atom. The van der Waals surface area contributed by atoms with Crippen LogP contribution in [0.5, 0.6) is 0 Å². The molecular formula is C26H23ClFN7O3. The number of nitrogens with two attached hydrogens (primary N) is 1. The molecule has 0 bridgehead atoms. The van der Waals surface area contributed by atoms with Gasteiger partial charge in [0.2, 0.25) is 0 Å². The normalized spacial score (nSPS) is 15.1. The Labute approximate surface area is 221 Å². The maximum atomic E-state index is 15.5. The molecule has 4 N–H and O–H groups in total. The number of benzene rings is 1. The second-order valence-electron chi connectivity index (χ2n) is 8.80. The van der Waals surface area contributed by atoms with Gasteiger partial charge < -0.3 is 21.3 Å². The zero-order valence-electron chi connectivity index (χ0n) is 20.0. The first-order valence-corrected chi connectivity index (χ1v) is 12.2. The van der Waals surface area contributed by atoms with E-state index in [1.54, 1.807) is 24.4 Å². The third kappa shape index (κ3) is 5.34. The van der Waals surface area contributed by atoms with Crippen molar-refractivity contribution in [3.8, 4) is 5.69 Å². The molecule has 1 fully saturated rings. The molecule has 10 nitrogen and oxygen atoms in total. The van der Waals surface area contributed by atoms with Crippen molar-refractivity contribution >= 4 is 41.1 Å². The summed E-state index contributed by atoms with van der Waals surface area (Å²) < 4.78 is 16.8. The van der Waals surface area contributed by atoms with Crippen molar-refractivity contribution in [2.45, 2.75) is 25.4 Å². The molecule has 3 heterocycles. The number of nitrogens with one attached hydrogen (secondary N) is 2. The molecule has 1 aliphatic carbocycles. The SMILES string of the molecule is NC(=O)C1=C(C(=O)Nc2ccc(Cl)cn2)N=CCN1c1ccc(-n2cccc(CNC3CC3)c2=O)cc1F. The quantitative estimate of drug-likeness (QED) is 0.406. The Hall–Kier alpha value is -4.35. The number of aromatic nitrogens is 2. The van der Waals surface area contributed by atoms with Gasteiger partial charge in [-0.05, 0) is 43.2 Å². The maximum absolute atomic E-state index is 15.5. The fourth-order valence-electron chi connectivity index (χ4n) is 4.04. The van der Waals surface area contributed by atoms with Crippen molar-refractivity contribution in [2.24, 2.45) is 10.7 Å². The number of primary amides is 1. The molecule has 1 aliphatic heterocycles. The van der Waals surface area contributed by atoms with Crippen LogP contribution >= 0.6 is 11.6 Å². The van der Waals surface area contributed by atoms with Gasteiger partial charge in [-0.15, -0.1) is 0 Å². The lowest BCUT2D eigenvalue weighted by molar-refractivity contribution is -0.116. The number of hydrogen-bond acceptors (Lipinski definition) is 7. The molecule has 2 amide bonds. The average molecular weight is 536 g/mol. The number of pyridine rings is 2. The van der Waals surface area contributed by atoms with Gasteiger partial charge in [-0.3, -0.25) is 23.9 Å². The molecule has 194 valence electrons. The number of carbonyl (C=O) groups is 2. The first-order chi connectivity index (χ1) is 18.3. The van der Waals surface area contributed by atoms with Crippen molar-refractivity contribution in [1.82, 2.24) is 14.9 Å². The molecule has 3 aromatic rings. The first-order valence-electron chi connectivity index (χ1n) is 11.8. The Bertz CT molecular complexity index is 1530. The van der Waals surface area contributed by atoms with E-state index in [-0.39, 0.29) is 35.0 Å². The molecule has 0 radical (unpaired) electrons. The van der Waals surface area contributed by atoms with Crippen LogP contribution in [0.3, 0.4) is 0 Å². The summed E-state index contributed by atoms with van der Waals surface area (Å²) in [5.41, 5.74) is 5.63. The van der Waals surface area contributed by atoms with E-state index in [0.29, 0.717) is 28.9 Å². The highest BCUT2D eigenvalue weighted by Crippen LogP contribution is 2.28. The second kappa shape index (κ2) is 10.6. The average Bonchev–Trinajstić information content (AvgIpc) is 3.73. The van der Waals surface area contributed by atoms with E-state index in [1.807, 2.05) is 0 Å². The van der Waals surface area contributed by atoms with E-state index in [2.05, 4.69) is 20.6 Å². The molecule has 0 atom stereocenters. The van der Waals surface area contributed by atoms with Gasteiger partial charge in [0.15, 0.2) is 5.70 Å². The van der Waals surface area contributed by atoms with E-state index in [9.17, 15) is 14.4 Å². The van der Waals surface area contributed by atoms with Gasteiger partial charge in [-0.25, -0.2) is 9.37 Å². The monoisotopic (exact) mass is 535 g/mol. The lowest BCUT2D eigenvalue weighted by atomic mass is 10.1. The van der Waals surface area contributed by atoms with Gasteiger partial charge in [0.05, 0.1) is 22.9 Å². The highest BCUT2D eigenvalue weighted by Gasteiger charge is 2.30. The van der Waals surface area contributed by atoms with Crippen LogP contribution in [0.25, 0.3) is 5.69 Å². The summed E-state index contributed by atoms with van der Waals surface area (Å²) >= 11 is 5.82. The summed E-state index contributed by atoms with van der Waals surface area (Å²) in [6.45, 7) is 0.425. The van der Waals surface area contributed by atoms with Gasteiger partial charge in [-0.1, -0.05) is 17.7 Å². The van der Waals surface area contributed by atoms with Crippen LogP contribution in [0.1, 0.15) is 18.4 Å². The smallest absolute Gasteiger partial charge is 0.277 e. The molecule has 2 aromatic heterocycles. The number of rotatable bonds is 8. The minimum Gasteiger partial charge on any atom is -0.364 e. The van der Waals surface area contributed by atoms with Crippen LogP contribution in [0, 0.1) is 5.82 Å². The van der Waals surface area contributed by atoms with Crippen molar-refractivity contribution < 1.29 is 14.0 Å². The second-order valence-corrected chi connectivity index (χ2v) is 9.24. The van der Waals surface area contributed by atoms with E-state index in [4.69, 9.17) is 17.3 Å². The largest absolute Gasteiger partial charge is 0.364 e. The predicted octanol–water partition coefficient (Wildman–Crippen LogP) is 2.50. The van der Waals surface area contributed by atoms with Crippen LogP contribution < -0.4 is 26.8 Å². The molecule has 0 unspecified atom stereocenters. The lowest BCUT2D eigenvalue weighted by Gasteiger charge is -2.28. The van der Waals surface area contributed by atoms with Crippen LogP contribution in [0.2, 0.25) is 5.02 Å². The Morgan fingerprint density at radius 2 is 2.00 bits per heavy atom. The summed E-state index contributed by atoms with van der Waals surface area (Å²) in [5.74, 6) is -2.26. The summed E-state index contributed by atoms with van der Waals surface area (Å²) in [4.78, 5) is 47.6. The summed E-state index contributed by atoms with van der Waals surface area (Å²) in [6, 6.07) is 11.1. The molecule has 0 spiro atoms. The molecule has 1 aromatic carbocycles. The molecule has 12 heteroatoms. The number of halogens is 2. The van der Waals surface area contributed by atoms with Crippen LogP contribution in [-0.2, 0) is 16.1 Å². The predicted molar refractivity (Wildman–Crippen MR) is 142 cm³/mol. The number of nitrogens with zero attached hydrogens (tertiary/aromatic N) is 4. The molecule has 2 aliphatic rings. The van der Waals surface area contributed by atoms with Crippen molar-refractivity contribution in [2.75, 3.05) is 16.8 Å². The minimum absolute atomic E-state index is 0.00716. The standard InChI is InChI=1S/C26H23ClFN7O3/c27-16-3-8-21(32-14-16)33-25(37)22-23(24(29)36)35(11-9-30-22)20-7-6-18(12-19(20)28)34-10-1-2-15(26(34)38)13-31-17-4-5-17/h1-3,6-10,12,14,17,31H,4-5,11,13H2,(H2,29,36)(H,32,33,37). The van der Waals surface area contributed by atoms with E-state index in [1.165, 1.54) is 46.1 Å². The van der Waals surface area contributed by atoms with Crippen molar-refractivity contribution in [1.29, 1.82) is 0 Å². The number of anilines is 2. The highest BCUT2D eigenvalue weighted by atomic mass is 35.5. The summed E-state index contributed by atoms with van der Waals surface area (Å²) in [5, 5.41) is 6.21. The lowest BCUT2D eigenvalue weighted by Crippen LogP contribution is -2.39. The van der Waals surface area contributed by atoms with Crippen molar-refractivity contribution in [3.63, 3.8) is 0 Å². The third-order valence-electron chi connectivity index (χ3n) is 6.08. The maximum Gasteiger partial charge on any atom is 0.277 e. The zero-order valence-corrected chi connectivity index (χ0v) is 20.8. The molecular weight excluding hydrogens is 513 g/mol. The fraction of sp³-hybridized carbons (Fsp3) is 0.192. The number of hydrogen-bond donors (Lipinski definition) is 3. The van der Waals surface area contributed by atoms with E-state index < -0.39 is 17.6 Å². The van der Waals surface area contributed by atoms with Crippen LogP contribution in [-0.4, -0.2) is 40.2 Å². The molecule has 1 saturated carbocycles. The Balaban J connectivity index is 1.44. The topological polar surface area (TPSA) is 135 Å². The molecule has 38 heavy (non-hydrogen) atoms.